The summed E-state index contributed by atoms with van der Waals surface area (Å²) in [7, 11) is 0. The van der Waals surface area contributed by atoms with Crippen molar-refractivity contribution in [2.75, 3.05) is 23.4 Å². The standard InChI is InChI=1S/C22H22BrN3O4/c1-13(14-4-7-17(8-5-14)25-22(29)15-2-3-15)24-20(27)11-26-18-9-6-16(23)10-19(18)30-12-21(26)28/h4-10,13,15H,2-3,11-12H2,1H3,(H,24,27)(H,25,29). The monoisotopic (exact) mass is 471 g/mol. The summed E-state index contributed by atoms with van der Waals surface area (Å²) >= 11 is 3.38. The number of halogens is 1. The maximum absolute atomic E-state index is 12.6. The van der Waals surface area contributed by atoms with E-state index in [1.165, 1.54) is 4.90 Å². The predicted octanol–water partition coefficient (Wildman–Crippen LogP) is 3.40. The van der Waals surface area contributed by atoms with Crippen LogP contribution < -0.4 is 20.3 Å². The van der Waals surface area contributed by atoms with Crippen molar-refractivity contribution in [3.8, 4) is 5.75 Å². The third-order valence-electron chi connectivity index (χ3n) is 5.17. The van der Waals surface area contributed by atoms with Crippen LogP contribution in [0.2, 0.25) is 0 Å². The van der Waals surface area contributed by atoms with Gasteiger partial charge < -0.3 is 15.4 Å². The summed E-state index contributed by atoms with van der Waals surface area (Å²) in [4.78, 5) is 38.2. The van der Waals surface area contributed by atoms with E-state index < -0.39 is 0 Å². The molecule has 1 aliphatic carbocycles. The van der Waals surface area contributed by atoms with E-state index in [1.54, 1.807) is 18.2 Å². The Bertz CT molecular complexity index is 988. The second-order valence-electron chi connectivity index (χ2n) is 7.56. The second kappa shape index (κ2) is 8.47. The third kappa shape index (κ3) is 4.64. The number of benzene rings is 2. The van der Waals surface area contributed by atoms with E-state index >= 15 is 0 Å². The quantitative estimate of drug-likeness (QED) is 0.675. The van der Waals surface area contributed by atoms with Crippen molar-refractivity contribution >= 4 is 45.0 Å². The molecular weight excluding hydrogens is 450 g/mol. The minimum absolute atomic E-state index is 0.0617. The Morgan fingerprint density at radius 3 is 2.63 bits per heavy atom. The number of nitrogens with one attached hydrogen (secondary N) is 2. The van der Waals surface area contributed by atoms with Crippen molar-refractivity contribution in [2.24, 2.45) is 5.92 Å². The number of amides is 3. The molecule has 3 amide bonds. The third-order valence-corrected chi connectivity index (χ3v) is 5.66. The lowest BCUT2D eigenvalue weighted by Crippen LogP contribution is -2.45. The number of rotatable bonds is 6. The highest BCUT2D eigenvalue weighted by Gasteiger charge is 2.30. The van der Waals surface area contributed by atoms with E-state index in [2.05, 4.69) is 26.6 Å². The Morgan fingerprint density at radius 1 is 1.20 bits per heavy atom. The van der Waals surface area contributed by atoms with Gasteiger partial charge in [-0.05, 0) is 55.7 Å². The fourth-order valence-electron chi connectivity index (χ4n) is 3.31. The highest BCUT2D eigenvalue weighted by atomic mass is 79.9. The van der Waals surface area contributed by atoms with Crippen molar-refractivity contribution in [3.63, 3.8) is 0 Å². The van der Waals surface area contributed by atoms with Crippen molar-refractivity contribution in [1.29, 1.82) is 0 Å². The van der Waals surface area contributed by atoms with Gasteiger partial charge in [0.25, 0.3) is 5.91 Å². The lowest BCUT2D eigenvalue weighted by atomic mass is 10.1. The molecule has 1 unspecified atom stereocenters. The van der Waals surface area contributed by atoms with Gasteiger partial charge >= 0.3 is 0 Å². The molecule has 8 heteroatoms. The zero-order valence-electron chi connectivity index (χ0n) is 16.5. The van der Waals surface area contributed by atoms with Crippen LogP contribution in [0.3, 0.4) is 0 Å². The van der Waals surface area contributed by atoms with Gasteiger partial charge in [0, 0.05) is 16.1 Å². The average Bonchev–Trinajstić information content (AvgIpc) is 3.56. The average molecular weight is 472 g/mol. The molecule has 2 aliphatic rings. The molecule has 0 aromatic heterocycles. The molecule has 2 N–H and O–H groups in total. The summed E-state index contributed by atoms with van der Waals surface area (Å²) in [6.07, 6.45) is 1.92. The molecule has 2 aromatic carbocycles. The first kappa shape index (κ1) is 20.4. The smallest absolute Gasteiger partial charge is 0.265 e. The molecule has 1 fully saturated rings. The first-order valence-corrected chi connectivity index (χ1v) is 10.6. The van der Waals surface area contributed by atoms with Gasteiger partial charge in [-0.3, -0.25) is 19.3 Å². The van der Waals surface area contributed by atoms with Gasteiger partial charge in [0.05, 0.1) is 11.7 Å². The largest absolute Gasteiger partial charge is 0.482 e. The van der Waals surface area contributed by atoms with E-state index in [4.69, 9.17) is 4.74 Å². The first-order chi connectivity index (χ1) is 14.4. The molecule has 7 nitrogen and oxygen atoms in total. The Hall–Kier alpha value is -2.87. The molecule has 156 valence electrons. The van der Waals surface area contributed by atoms with E-state index in [1.807, 2.05) is 31.2 Å². The van der Waals surface area contributed by atoms with E-state index in [0.29, 0.717) is 11.4 Å². The van der Waals surface area contributed by atoms with Gasteiger partial charge in [0.15, 0.2) is 6.61 Å². The normalized spacial score (nSPS) is 16.3. The summed E-state index contributed by atoms with van der Waals surface area (Å²) < 4.78 is 6.29. The number of fused-ring (bicyclic) bond motifs is 1. The summed E-state index contributed by atoms with van der Waals surface area (Å²) in [5.74, 6) is 0.249. The highest BCUT2D eigenvalue weighted by molar-refractivity contribution is 9.10. The minimum atomic E-state index is -0.266. The van der Waals surface area contributed by atoms with Crippen LogP contribution in [0.25, 0.3) is 0 Å². The Balaban J connectivity index is 1.37. The molecule has 0 bridgehead atoms. The molecule has 1 heterocycles. The number of carbonyl (C=O) groups excluding carboxylic acids is 3. The van der Waals surface area contributed by atoms with E-state index in [0.717, 1.165) is 28.6 Å². The molecule has 1 aliphatic heterocycles. The zero-order valence-corrected chi connectivity index (χ0v) is 18.1. The first-order valence-electron chi connectivity index (χ1n) is 9.83. The fraction of sp³-hybridized carbons (Fsp3) is 0.318. The Labute approximate surface area is 182 Å². The van der Waals surface area contributed by atoms with Crippen LogP contribution in [-0.2, 0) is 14.4 Å². The van der Waals surface area contributed by atoms with E-state index in [9.17, 15) is 14.4 Å². The van der Waals surface area contributed by atoms with Crippen LogP contribution in [-0.4, -0.2) is 30.9 Å². The minimum Gasteiger partial charge on any atom is -0.482 e. The number of anilines is 2. The SMILES string of the molecule is CC(NC(=O)CN1C(=O)COc2cc(Br)ccc21)c1ccc(NC(=O)C2CC2)cc1. The number of hydrogen-bond donors (Lipinski definition) is 2. The van der Waals surface area contributed by atoms with Crippen molar-refractivity contribution in [1.82, 2.24) is 5.32 Å². The lowest BCUT2D eigenvalue weighted by molar-refractivity contribution is -0.125. The Morgan fingerprint density at radius 2 is 1.93 bits per heavy atom. The highest BCUT2D eigenvalue weighted by Crippen LogP contribution is 2.34. The molecule has 2 aromatic rings. The molecule has 1 atom stereocenters. The topological polar surface area (TPSA) is 87.7 Å². The van der Waals surface area contributed by atoms with Gasteiger partial charge in [-0.2, -0.15) is 0 Å². The zero-order chi connectivity index (χ0) is 21.3. The number of carbonyl (C=O) groups is 3. The number of hydrogen-bond acceptors (Lipinski definition) is 4. The van der Waals surface area contributed by atoms with Gasteiger partial charge in [-0.25, -0.2) is 0 Å². The maximum atomic E-state index is 12.6. The molecule has 30 heavy (non-hydrogen) atoms. The fourth-order valence-corrected chi connectivity index (χ4v) is 3.65. The van der Waals surface area contributed by atoms with Gasteiger partial charge in [0.1, 0.15) is 12.3 Å². The van der Waals surface area contributed by atoms with Crippen LogP contribution >= 0.6 is 15.9 Å². The van der Waals surface area contributed by atoms with Crippen LogP contribution in [0.1, 0.15) is 31.4 Å². The lowest BCUT2D eigenvalue weighted by Gasteiger charge is -2.29. The predicted molar refractivity (Wildman–Crippen MR) is 116 cm³/mol. The van der Waals surface area contributed by atoms with Crippen molar-refractivity contribution in [2.45, 2.75) is 25.8 Å². The summed E-state index contributed by atoms with van der Waals surface area (Å²) in [5, 5.41) is 5.82. The van der Waals surface area contributed by atoms with Gasteiger partial charge in [0.2, 0.25) is 11.8 Å². The number of ether oxygens (including phenoxy) is 1. The van der Waals surface area contributed by atoms with Crippen LogP contribution in [0.5, 0.6) is 5.75 Å². The molecular formula is C22H22BrN3O4. The summed E-state index contributed by atoms with van der Waals surface area (Å²) in [6, 6.07) is 12.5. The van der Waals surface area contributed by atoms with Crippen LogP contribution in [0.15, 0.2) is 46.9 Å². The molecule has 0 spiro atoms. The van der Waals surface area contributed by atoms with E-state index in [-0.39, 0.29) is 42.8 Å². The maximum Gasteiger partial charge on any atom is 0.265 e. The van der Waals surface area contributed by atoms with Crippen LogP contribution in [0, 0.1) is 5.92 Å². The van der Waals surface area contributed by atoms with Gasteiger partial charge in [-0.15, -0.1) is 0 Å². The van der Waals surface area contributed by atoms with Crippen molar-refractivity contribution < 1.29 is 19.1 Å². The van der Waals surface area contributed by atoms with Gasteiger partial charge in [-0.1, -0.05) is 28.1 Å². The molecule has 0 radical (unpaired) electrons. The molecule has 1 saturated carbocycles. The summed E-state index contributed by atoms with van der Waals surface area (Å²) in [5.41, 5.74) is 2.23. The summed E-state index contributed by atoms with van der Waals surface area (Å²) in [6.45, 7) is 1.69. The van der Waals surface area contributed by atoms with Crippen molar-refractivity contribution in [3.05, 3.63) is 52.5 Å². The number of nitrogens with zero attached hydrogens (tertiary/aromatic N) is 1. The van der Waals surface area contributed by atoms with Crippen LogP contribution in [0.4, 0.5) is 11.4 Å². The molecule has 4 rings (SSSR count). The molecule has 0 saturated heterocycles. The Kier molecular flexibility index (Phi) is 5.76. The second-order valence-corrected chi connectivity index (χ2v) is 8.47.